The van der Waals surface area contributed by atoms with Crippen molar-refractivity contribution < 1.29 is 9.47 Å². The Kier molecular flexibility index (Phi) is 2.70. The van der Waals surface area contributed by atoms with E-state index in [1.165, 1.54) is 0 Å². The Bertz CT molecular complexity index is 325. The molecule has 0 aliphatic carbocycles. The molecule has 1 atom stereocenters. The van der Waals surface area contributed by atoms with Gasteiger partial charge in [-0.3, -0.25) is 0 Å². The van der Waals surface area contributed by atoms with Gasteiger partial charge in [0.15, 0.2) is 0 Å². The van der Waals surface area contributed by atoms with E-state index in [-0.39, 0.29) is 6.04 Å². The fourth-order valence-corrected chi connectivity index (χ4v) is 1.80. The Morgan fingerprint density at radius 2 is 2.43 bits per heavy atom. The Morgan fingerprint density at radius 3 is 3.21 bits per heavy atom. The van der Waals surface area contributed by atoms with E-state index in [1.54, 1.807) is 0 Å². The molecule has 1 aliphatic rings. The maximum atomic E-state index is 5.97. The van der Waals surface area contributed by atoms with E-state index in [0.717, 1.165) is 16.9 Å². The highest BCUT2D eigenvalue weighted by Crippen LogP contribution is 2.31. The maximum absolute atomic E-state index is 5.97. The molecule has 0 aromatic heterocycles. The summed E-state index contributed by atoms with van der Waals surface area (Å²) in [4.78, 5) is 0. The van der Waals surface area contributed by atoms with Crippen molar-refractivity contribution >= 4 is 0 Å². The van der Waals surface area contributed by atoms with Gasteiger partial charge in [-0.15, -0.1) is 0 Å². The van der Waals surface area contributed by atoms with Crippen molar-refractivity contribution in [3.8, 4) is 5.75 Å². The van der Waals surface area contributed by atoms with Gasteiger partial charge < -0.3 is 15.2 Å². The number of benzene rings is 1. The van der Waals surface area contributed by atoms with Gasteiger partial charge in [0.2, 0.25) is 0 Å². The van der Waals surface area contributed by atoms with Gasteiger partial charge in [-0.1, -0.05) is 12.1 Å². The lowest BCUT2D eigenvalue weighted by atomic mass is 9.98. The normalized spacial score (nSPS) is 20.3. The number of ether oxygens (including phenoxy) is 2. The quantitative estimate of drug-likeness (QED) is 0.776. The first-order valence-corrected chi connectivity index (χ1v) is 4.91. The molecule has 0 unspecified atom stereocenters. The lowest BCUT2D eigenvalue weighted by Crippen LogP contribution is -2.24. The van der Waals surface area contributed by atoms with Gasteiger partial charge in [-0.05, 0) is 18.6 Å². The summed E-state index contributed by atoms with van der Waals surface area (Å²) in [7, 11) is 0. The smallest absolute Gasteiger partial charge is 0.124 e. The predicted octanol–water partition coefficient (Wildman–Crippen LogP) is 1.62. The maximum Gasteiger partial charge on any atom is 0.124 e. The summed E-state index contributed by atoms with van der Waals surface area (Å²) < 4.78 is 10.9. The van der Waals surface area contributed by atoms with Crippen LogP contribution < -0.4 is 10.5 Å². The highest BCUT2D eigenvalue weighted by atomic mass is 16.5. The van der Waals surface area contributed by atoms with Gasteiger partial charge in [-0.25, -0.2) is 0 Å². The SMILES string of the molecule is CCOc1cccc2c1[C@@H](N)COC2. The fraction of sp³-hybridized carbons (Fsp3) is 0.455. The first-order chi connectivity index (χ1) is 6.83. The van der Waals surface area contributed by atoms with E-state index >= 15 is 0 Å². The van der Waals surface area contributed by atoms with Gasteiger partial charge >= 0.3 is 0 Å². The molecule has 0 saturated carbocycles. The second kappa shape index (κ2) is 3.98. The van der Waals surface area contributed by atoms with Crippen molar-refractivity contribution in [2.24, 2.45) is 5.73 Å². The average molecular weight is 193 g/mol. The van der Waals surface area contributed by atoms with Crippen LogP contribution in [0.1, 0.15) is 24.1 Å². The standard InChI is InChI=1S/C11H15NO2/c1-2-14-10-5-3-4-8-6-13-7-9(12)11(8)10/h3-5,9H,2,6-7,12H2,1H3/t9-/m0/s1. The van der Waals surface area contributed by atoms with Crippen molar-refractivity contribution in [1.29, 1.82) is 0 Å². The van der Waals surface area contributed by atoms with Gasteiger partial charge in [0.25, 0.3) is 0 Å². The number of nitrogens with two attached hydrogens (primary N) is 1. The molecule has 0 bridgehead atoms. The lowest BCUT2D eigenvalue weighted by molar-refractivity contribution is 0.0907. The zero-order chi connectivity index (χ0) is 9.97. The molecule has 76 valence electrons. The van der Waals surface area contributed by atoms with Gasteiger partial charge in [-0.2, -0.15) is 0 Å². The molecule has 0 saturated heterocycles. The van der Waals surface area contributed by atoms with E-state index in [9.17, 15) is 0 Å². The monoisotopic (exact) mass is 193 g/mol. The molecule has 3 nitrogen and oxygen atoms in total. The van der Waals surface area contributed by atoms with Crippen molar-refractivity contribution in [3.05, 3.63) is 29.3 Å². The lowest BCUT2D eigenvalue weighted by Gasteiger charge is -2.24. The third-order valence-corrected chi connectivity index (χ3v) is 2.38. The predicted molar refractivity (Wildman–Crippen MR) is 54.2 cm³/mol. The van der Waals surface area contributed by atoms with Crippen molar-refractivity contribution in [1.82, 2.24) is 0 Å². The Labute approximate surface area is 83.8 Å². The summed E-state index contributed by atoms with van der Waals surface area (Å²) in [5.74, 6) is 0.904. The molecular formula is C11H15NO2. The molecule has 0 fully saturated rings. The Balaban J connectivity index is 2.41. The molecule has 2 N–H and O–H groups in total. The van der Waals surface area contributed by atoms with Crippen LogP contribution in [0.2, 0.25) is 0 Å². The molecule has 3 heteroatoms. The first kappa shape index (κ1) is 9.49. The van der Waals surface area contributed by atoms with Crippen LogP contribution in [0.15, 0.2) is 18.2 Å². The van der Waals surface area contributed by atoms with Crippen LogP contribution in [0.5, 0.6) is 5.75 Å². The van der Waals surface area contributed by atoms with Crippen LogP contribution in [0.3, 0.4) is 0 Å². The first-order valence-electron chi connectivity index (χ1n) is 4.91. The third-order valence-electron chi connectivity index (χ3n) is 2.38. The van der Waals surface area contributed by atoms with Gasteiger partial charge in [0.1, 0.15) is 5.75 Å². The van der Waals surface area contributed by atoms with Crippen LogP contribution in [0.4, 0.5) is 0 Å². The van der Waals surface area contributed by atoms with E-state index in [4.69, 9.17) is 15.2 Å². The molecule has 1 aromatic carbocycles. The van der Waals surface area contributed by atoms with Crippen LogP contribution in [0.25, 0.3) is 0 Å². The van der Waals surface area contributed by atoms with Crippen LogP contribution in [0, 0.1) is 0 Å². The summed E-state index contributed by atoms with van der Waals surface area (Å²) in [6.45, 7) is 3.87. The van der Waals surface area contributed by atoms with Gasteiger partial charge in [0.05, 0.1) is 25.9 Å². The van der Waals surface area contributed by atoms with Gasteiger partial charge in [0, 0.05) is 5.56 Å². The average Bonchev–Trinajstić information content (AvgIpc) is 2.19. The molecule has 2 rings (SSSR count). The summed E-state index contributed by atoms with van der Waals surface area (Å²) >= 11 is 0. The number of fused-ring (bicyclic) bond motifs is 1. The summed E-state index contributed by atoms with van der Waals surface area (Å²) in [6, 6.07) is 5.93. The third kappa shape index (κ3) is 1.61. The molecule has 1 heterocycles. The molecule has 0 amide bonds. The second-order valence-electron chi connectivity index (χ2n) is 3.38. The summed E-state index contributed by atoms with van der Waals surface area (Å²) in [6.07, 6.45) is 0. The minimum Gasteiger partial charge on any atom is -0.494 e. The van der Waals surface area contributed by atoms with E-state index < -0.39 is 0 Å². The molecule has 1 aliphatic heterocycles. The Hall–Kier alpha value is -1.06. The topological polar surface area (TPSA) is 44.5 Å². The minimum absolute atomic E-state index is 0.0542. The minimum atomic E-state index is -0.0542. The largest absolute Gasteiger partial charge is 0.494 e. The number of rotatable bonds is 2. The highest BCUT2D eigenvalue weighted by molar-refractivity contribution is 5.43. The molecule has 0 spiro atoms. The number of hydrogen-bond acceptors (Lipinski definition) is 3. The van der Waals surface area contributed by atoms with Crippen LogP contribution >= 0.6 is 0 Å². The zero-order valence-electron chi connectivity index (χ0n) is 8.32. The van der Waals surface area contributed by atoms with E-state index in [1.807, 2.05) is 25.1 Å². The van der Waals surface area contributed by atoms with Crippen molar-refractivity contribution in [2.45, 2.75) is 19.6 Å². The Morgan fingerprint density at radius 1 is 1.57 bits per heavy atom. The van der Waals surface area contributed by atoms with Crippen molar-refractivity contribution in [3.63, 3.8) is 0 Å². The van der Waals surface area contributed by atoms with Crippen LogP contribution in [-0.4, -0.2) is 13.2 Å². The molecule has 14 heavy (non-hydrogen) atoms. The summed E-state index contributed by atoms with van der Waals surface area (Å²) in [5, 5.41) is 0. The highest BCUT2D eigenvalue weighted by Gasteiger charge is 2.20. The molecule has 1 aromatic rings. The van der Waals surface area contributed by atoms with Crippen molar-refractivity contribution in [2.75, 3.05) is 13.2 Å². The molecular weight excluding hydrogens is 178 g/mol. The fourth-order valence-electron chi connectivity index (χ4n) is 1.80. The van der Waals surface area contributed by atoms with E-state index in [2.05, 4.69) is 0 Å². The summed E-state index contributed by atoms with van der Waals surface area (Å²) in [5.41, 5.74) is 8.23. The number of hydrogen-bond donors (Lipinski definition) is 1. The molecule has 0 radical (unpaired) electrons. The van der Waals surface area contributed by atoms with E-state index in [0.29, 0.717) is 19.8 Å². The second-order valence-corrected chi connectivity index (χ2v) is 3.38. The zero-order valence-corrected chi connectivity index (χ0v) is 8.32. The van der Waals surface area contributed by atoms with Crippen LogP contribution in [-0.2, 0) is 11.3 Å².